The SMILES string of the molecule is CCc1ccc(C(C)C(C)C(N)=S)s1. The molecule has 2 N–H and O–H groups in total. The van der Waals surface area contributed by atoms with Crippen LogP contribution in [0.5, 0.6) is 0 Å². The third kappa shape index (κ3) is 2.55. The number of thiophene rings is 1. The van der Waals surface area contributed by atoms with Crippen molar-refractivity contribution in [1.82, 2.24) is 0 Å². The largest absolute Gasteiger partial charge is 0.393 e. The summed E-state index contributed by atoms with van der Waals surface area (Å²) in [6.07, 6.45) is 1.11. The van der Waals surface area contributed by atoms with Crippen LogP contribution in [0.3, 0.4) is 0 Å². The number of rotatable bonds is 4. The molecular weight excluding hydrogens is 210 g/mol. The van der Waals surface area contributed by atoms with Crippen molar-refractivity contribution in [2.24, 2.45) is 11.7 Å². The summed E-state index contributed by atoms with van der Waals surface area (Å²) in [4.78, 5) is 3.44. The van der Waals surface area contributed by atoms with Crippen molar-refractivity contribution in [2.75, 3.05) is 0 Å². The maximum Gasteiger partial charge on any atom is 0.0762 e. The monoisotopic (exact) mass is 227 g/mol. The molecule has 78 valence electrons. The van der Waals surface area contributed by atoms with E-state index in [0.717, 1.165) is 6.42 Å². The fourth-order valence-corrected chi connectivity index (χ4v) is 2.64. The molecule has 0 radical (unpaired) electrons. The number of thiocarbonyl (C=S) groups is 1. The number of nitrogens with two attached hydrogens (primary N) is 1. The van der Waals surface area contributed by atoms with E-state index >= 15 is 0 Å². The van der Waals surface area contributed by atoms with Gasteiger partial charge in [-0.15, -0.1) is 11.3 Å². The lowest BCUT2D eigenvalue weighted by molar-refractivity contribution is 0.637. The molecule has 0 bridgehead atoms. The highest BCUT2D eigenvalue weighted by atomic mass is 32.1. The van der Waals surface area contributed by atoms with E-state index in [9.17, 15) is 0 Å². The Morgan fingerprint density at radius 2 is 2.14 bits per heavy atom. The van der Waals surface area contributed by atoms with Crippen LogP contribution in [0.4, 0.5) is 0 Å². The van der Waals surface area contributed by atoms with Crippen LogP contribution in [0, 0.1) is 5.92 Å². The first-order chi connectivity index (χ1) is 6.56. The van der Waals surface area contributed by atoms with Crippen molar-refractivity contribution in [1.29, 1.82) is 0 Å². The molecule has 0 aliphatic carbocycles. The minimum atomic E-state index is 0.286. The first-order valence-electron chi connectivity index (χ1n) is 4.94. The van der Waals surface area contributed by atoms with Gasteiger partial charge in [0, 0.05) is 15.7 Å². The van der Waals surface area contributed by atoms with Gasteiger partial charge >= 0.3 is 0 Å². The van der Waals surface area contributed by atoms with Crippen molar-refractivity contribution in [2.45, 2.75) is 33.1 Å². The third-order valence-electron chi connectivity index (χ3n) is 2.68. The molecule has 1 heterocycles. The molecule has 0 aliphatic heterocycles. The zero-order valence-electron chi connectivity index (χ0n) is 8.91. The van der Waals surface area contributed by atoms with Gasteiger partial charge in [-0.2, -0.15) is 0 Å². The average molecular weight is 227 g/mol. The molecule has 0 aromatic carbocycles. The Hall–Kier alpha value is -0.410. The van der Waals surface area contributed by atoms with E-state index < -0.39 is 0 Å². The molecule has 1 aromatic rings. The van der Waals surface area contributed by atoms with Gasteiger partial charge in [0.25, 0.3) is 0 Å². The summed E-state index contributed by atoms with van der Waals surface area (Å²) in [6, 6.07) is 4.39. The minimum absolute atomic E-state index is 0.286. The smallest absolute Gasteiger partial charge is 0.0762 e. The van der Waals surface area contributed by atoms with Crippen molar-refractivity contribution in [3.05, 3.63) is 21.9 Å². The van der Waals surface area contributed by atoms with Crippen LogP contribution in [0.25, 0.3) is 0 Å². The Labute approximate surface area is 95.3 Å². The van der Waals surface area contributed by atoms with E-state index in [1.54, 1.807) is 0 Å². The standard InChI is InChI=1S/C11H17NS2/c1-4-9-5-6-10(14-9)7(2)8(3)11(12)13/h5-8H,4H2,1-3H3,(H2,12,13). The van der Waals surface area contributed by atoms with Gasteiger partial charge in [-0.25, -0.2) is 0 Å². The molecule has 3 heteroatoms. The highest BCUT2D eigenvalue weighted by Crippen LogP contribution is 2.30. The summed E-state index contributed by atoms with van der Waals surface area (Å²) in [5, 5.41) is 0. The second kappa shape index (κ2) is 4.89. The molecule has 0 saturated heterocycles. The Morgan fingerprint density at radius 1 is 1.50 bits per heavy atom. The van der Waals surface area contributed by atoms with Gasteiger partial charge in [-0.05, 0) is 24.5 Å². The van der Waals surface area contributed by atoms with Gasteiger partial charge in [0.1, 0.15) is 0 Å². The molecular formula is C11H17NS2. The van der Waals surface area contributed by atoms with Gasteiger partial charge in [-0.1, -0.05) is 33.0 Å². The van der Waals surface area contributed by atoms with E-state index in [4.69, 9.17) is 18.0 Å². The normalized spacial score (nSPS) is 15.1. The van der Waals surface area contributed by atoms with Crippen molar-refractivity contribution >= 4 is 28.5 Å². The Bertz CT molecular complexity index is 317. The van der Waals surface area contributed by atoms with Crippen LogP contribution in [0.1, 0.15) is 36.4 Å². The molecule has 0 amide bonds. The number of hydrogen-bond donors (Lipinski definition) is 1. The summed E-state index contributed by atoms with van der Waals surface area (Å²) in [5.41, 5.74) is 5.65. The fraction of sp³-hybridized carbons (Fsp3) is 0.545. The zero-order valence-corrected chi connectivity index (χ0v) is 10.5. The van der Waals surface area contributed by atoms with Crippen LogP contribution < -0.4 is 5.73 Å². The molecule has 2 unspecified atom stereocenters. The van der Waals surface area contributed by atoms with Gasteiger partial charge in [0.05, 0.1) is 4.99 Å². The molecule has 0 fully saturated rings. The Morgan fingerprint density at radius 3 is 2.57 bits per heavy atom. The molecule has 1 nitrogen and oxygen atoms in total. The first-order valence-corrected chi connectivity index (χ1v) is 6.16. The second-order valence-electron chi connectivity index (χ2n) is 3.64. The van der Waals surface area contributed by atoms with E-state index in [2.05, 4.69) is 32.9 Å². The maximum absolute atomic E-state index is 5.65. The lowest BCUT2D eigenvalue weighted by atomic mass is 9.95. The second-order valence-corrected chi connectivity index (χ2v) is 5.31. The van der Waals surface area contributed by atoms with Crippen molar-refractivity contribution in [3.63, 3.8) is 0 Å². The molecule has 0 saturated carbocycles. The molecule has 1 rings (SSSR count). The minimum Gasteiger partial charge on any atom is -0.393 e. The van der Waals surface area contributed by atoms with Gasteiger partial charge < -0.3 is 5.73 Å². The van der Waals surface area contributed by atoms with Crippen LogP contribution in [-0.2, 0) is 6.42 Å². The van der Waals surface area contributed by atoms with E-state index in [1.165, 1.54) is 9.75 Å². The lowest BCUT2D eigenvalue weighted by Gasteiger charge is -2.16. The lowest BCUT2D eigenvalue weighted by Crippen LogP contribution is -2.22. The van der Waals surface area contributed by atoms with Crippen LogP contribution in [-0.4, -0.2) is 4.99 Å². The average Bonchev–Trinajstić information content (AvgIpc) is 2.63. The van der Waals surface area contributed by atoms with Crippen LogP contribution in [0.2, 0.25) is 0 Å². The predicted molar refractivity (Wildman–Crippen MR) is 68.1 cm³/mol. The highest BCUT2D eigenvalue weighted by molar-refractivity contribution is 7.80. The van der Waals surface area contributed by atoms with E-state index in [1.807, 2.05) is 11.3 Å². The van der Waals surface area contributed by atoms with E-state index in [-0.39, 0.29) is 5.92 Å². The fourth-order valence-electron chi connectivity index (χ4n) is 1.32. The van der Waals surface area contributed by atoms with Gasteiger partial charge in [-0.3, -0.25) is 0 Å². The summed E-state index contributed by atoms with van der Waals surface area (Å²) in [7, 11) is 0. The predicted octanol–water partition coefficient (Wildman–Crippen LogP) is 3.34. The topological polar surface area (TPSA) is 26.0 Å². The molecule has 1 aromatic heterocycles. The van der Waals surface area contributed by atoms with Crippen LogP contribution >= 0.6 is 23.6 Å². The van der Waals surface area contributed by atoms with Gasteiger partial charge in [0.2, 0.25) is 0 Å². The number of aryl methyl sites for hydroxylation is 1. The molecule has 0 aliphatic rings. The molecule has 14 heavy (non-hydrogen) atoms. The highest BCUT2D eigenvalue weighted by Gasteiger charge is 2.17. The maximum atomic E-state index is 5.65. The quantitative estimate of drug-likeness (QED) is 0.798. The number of hydrogen-bond acceptors (Lipinski definition) is 2. The summed E-state index contributed by atoms with van der Waals surface area (Å²) in [6.45, 7) is 6.46. The zero-order chi connectivity index (χ0) is 10.7. The van der Waals surface area contributed by atoms with Gasteiger partial charge in [0.15, 0.2) is 0 Å². The van der Waals surface area contributed by atoms with Crippen LogP contribution in [0.15, 0.2) is 12.1 Å². The first kappa shape index (κ1) is 11.7. The summed E-state index contributed by atoms with van der Waals surface area (Å²) >= 11 is 6.88. The third-order valence-corrected chi connectivity index (χ3v) is 4.48. The Kier molecular flexibility index (Phi) is 4.08. The van der Waals surface area contributed by atoms with Crippen molar-refractivity contribution in [3.8, 4) is 0 Å². The summed E-state index contributed by atoms with van der Waals surface area (Å²) < 4.78 is 0. The molecule has 0 spiro atoms. The summed E-state index contributed by atoms with van der Waals surface area (Å²) in [5.74, 6) is 0.728. The Balaban J connectivity index is 2.78. The van der Waals surface area contributed by atoms with E-state index in [0.29, 0.717) is 10.9 Å². The van der Waals surface area contributed by atoms with Crippen molar-refractivity contribution < 1.29 is 0 Å². The molecule has 2 atom stereocenters.